The zero-order valence-corrected chi connectivity index (χ0v) is 17.3. The molecule has 2 aromatic rings. The normalized spacial score (nSPS) is 20.6. The van der Waals surface area contributed by atoms with Gasteiger partial charge in [0.15, 0.2) is 0 Å². The number of sulfonamides is 1. The highest BCUT2D eigenvalue weighted by Gasteiger charge is 2.30. The first-order chi connectivity index (χ1) is 12.7. The third kappa shape index (κ3) is 4.47. The van der Waals surface area contributed by atoms with E-state index >= 15 is 0 Å². The Morgan fingerprint density at radius 3 is 2.19 bits per heavy atom. The lowest BCUT2D eigenvalue weighted by Gasteiger charge is -2.28. The first-order valence-electron chi connectivity index (χ1n) is 9.17. The maximum atomic E-state index is 12.8. The van der Waals surface area contributed by atoms with Gasteiger partial charge in [-0.1, -0.05) is 0 Å². The SMILES string of the molecule is Cc1cc(C)nc(OC2CCC(NS(=O)(=O)c3c(C)nn(C)c3C)CC2)n1. The van der Waals surface area contributed by atoms with Crippen molar-refractivity contribution in [3.63, 3.8) is 0 Å². The molecule has 0 unspecified atom stereocenters. The minimum atomic E-state index is -3.59. The second kappa shape index (κ2) is 7.55. The van der Waals surface area contributed by atoms with Gasteiger partial charge in [-0.25, -0.2) is 23.1 Å². The quantitative estimate of drug-likeness (QED) is 0.835. The van der Waals surface area contributed by atoms with Gasteiger partial charge in [0.1, 0.15) is 11.0 Å². The summed E-state index contributed by atoms with van der Waals surface area (Å²) in [6.07, 6.45) is 2.96. The molecule has 148 valence electrons. The summed E-state index contributed by atoms with van der Waals surface area (Å²) in [5.74, 6) is 0. The Balaban J connectivity index is 1.60. The summed E-state index contributed by atoms with van der Waals surface area (Å²) in [5, 5.41) is 4.21. The molecule has 1 N–H and O–H groups in total. The Morgan fingerprint density at radius 1 is 1.07 bits per heavy atom. The van der Waals surface area contributed by atoms with Crippen molar-refractivity contribution in [1.29, 1.82) is 0 Å². The molecule has 0 aromatic carbocycles. The monoisotopic (exact) mass is 393 g/mol. The first-order valence-corrected chi connectivity index (χ1v) is 10.7. The molecule has 0 bridgehead atoms. The van der Waals surface area contributed by atoms with Crippen LogP contribution in [0.15, 0.2) is 11.0 Å². The fourth-order valence-corrected chi connectivity index (χ4v) is 5.36. The topological polar surface area (TPSA) is 99.0 Å². The highest BCUT2D eigenvalue weighted by molar-refractivity contribution is 7.89. The molecule has 27 heavy (non-hydrogen) atoms. The van der Waals surface area contributed by atoms with Crippen molar-refractivity contribution in [3.05, 3.63) is 28.8 Å². The van der Waals surface area contributed by atoms with E-state index in [0.29, 0.717) is 30.2 Å². The number of aryl methyl sites for hydroxylation is 4. The lowest BCUT2D eigenvalue weighted by Crippen LogP contribution is -2.40. The van der Waals surface area contributed by atoms with E-state index < -0.39 is 10.0 Å². The van der Waals surface area contributed by atoms with Crippen LogP contribution < -0.4 is 9.46 Å². The number of aromatic nitrogens is 4. The fourth-order valence-electron chi connectivity index (χ4n) is 3.62. The standard InChI is InChI=1S/C18H27N5O3S/c1-11-10-12(2)20-18(19-11)26-16-8-6-15(7-9-16)22-27(24,25)17-13(3)21-23(5)14(17)4/h10,15-16,22H,6-9H2,1-5H3. The molecular formula is C18H27N5O3S. The van der Waals surface area contributed by atoms with E-state index in [-0.39, 0.29) is 17.0 Å². The van der Waals surface area contributed by atoms with Gasteiger partial charge in [0, 0.05) is 24.5 Å². The van der Waals surface area contributed by atoms with Gasteiger partial charge in [0.05, 0.1) is 11.4 Å². The van der Waals surface area contributed by atoms with Gasteiger partial charge < -0.3 is 4.74 Å². The Hall–Kier alpha value is -2.00. The average molecular weight is 394 g/mol. The molecule has 2 heterocycles. The second-order valence-electron chi connectivity index (χ2n) is 7.27. The average Bonchev–Trinajstić information content (AvgIpc) is 2.81. The molecule has 0 aliphatic heterocycles. The van der Waals surface area contributed by atoms with E-state index in [9.17, 15) is 8.42 Å². The van der Waals surface area contributed by atoms with Crippen LogP contribution in [0.5, 0.6) is 6.01 Å². The second-order valence-corrected chi connectivity index (χ2v) is 8.92. The van der Waals surface area contributed by atoms with Gasteiger partial charge in [-0.3, -0.25) is 4.68 Å². The van der Waals surface area contributed by atoms with Crippen molar-refractivity contribution in [2.45, 2.75) is 70.4 Å². The van der Waals surface area contributed by atoms with Gasteiger partial charge in [0.25, 0.3) is 0 Å². The molecule has 8 nitrogen and oxygen atoms in total. The number of hydrogen-bond donors (Lipinski definition) is 1. The predicted octanol–water partition coefficient (Wildman–Crippen LogP) is 2.11. The fraction of sp³-hybridized carbons (Fsp3) is 0.611. The number of ether oxygens (including phenoxy) is 1. The van der Waals surface area contributed by atoms with Crippen molar-refractivity contribution in [1.82, 2.24) is 24.5 Å². The predicted molar refractivity (Wildman–Crippen MR) is 101 cm³/mol. The molecule has 0 saturated heterocycles. The summed E-state index contributed by atoms with van der Waals surface area (Å²) < 4.78 is 35.9. The molecule has 3 rings (SSSR count). The number of nitrogens with zero attached hydrogens (tertiary/aromatic N) is 4. The summed E-state index contributed by atoms with van der Waals surface area (Å²) in [7, 11) is -1.84. The van der Waals surface area contributed by atoms with Crippen LogP contribution in [0.1, 0.15) is 48.5 Å². The van der Waals surface area contributed by atoms with Crippen molar-refractivity contribution < 1.29 is 13.2 Å². The van der Waals surface area contributed by atoms with E-state index in [2.05, 4.69) is 19.8 Å². The van der Waals surface area contributed by atoms with E-state index in [0.717, 1.165) is 24.2 Å². The van der Waals surface area contributed by atoms with Crippen LogP contribution in [0.2, 0.25) is 0 Å². The van der Waals surface area contributed by atoms with E-state index in [1.54, 1.807) is 25.6 Å². The molecule has 1 saturated carbocycles. The van der Waals surface area contributed by atoms with Gasteiger partial charge in [-0.2, -0.15) is 5.10 Å². The Labute approximate surface area is 160 Å². The van der Waals surface area contributed by atoms with Crippen molar-refractivity contribution >= 4 is 10.0 Å². The minimum absolute atomic E-state index is 0.00817. The van der Waals surface area contributed by atoms with Gasteiger partial charge >= 0.3 is 6.01 Å². The third-order valence-corrected chi connectivity index (χ3v) is 6.71. The number of hydrogen-bond acceptors (Lipinski definition) is 6. The maximum Gasteiger partial charge on any atom is 0.317 e. The smallest absolute Gasteiger partial charge is 0.317 e. The van der Waals surface area contributed by atoms with Crippen LogP contribution in [-0.4, -0.2) is 40.3 Å². The molecule has 0 amide bonds. The minimum Gasteiger partial charge on any atom is -0.460 e. The Morgan fingerprint density at radius 2 is 1.67 bits per heavy atom. The molecule has 0 atom stereocenters. The van der Waals surface area contributed by atoms with Gasteiger partial charge in [-0.15, -0.1) is 0 Å². The lowest BCUT2D eigenvalue weighted by atomic mass is 9.94. The third-order valence-electron chi connectivity index (χ3n) is 4.94. The molecule has 0 radical (unpaired) electrons. The summed E-state index contributed by atoms with van der Waals surface area (Å²) in [4.78, 5) is 8.91. The van der Waals surface area contributed by atoms with Crippen LogP contribution in [0.4, 0.5) is 0 Å². The van der Waals surface area contributed by atoms with Crippen molar-refractivity contribution in [3.8, 4) is 6.01 Å². The summed E-state index contributed by atoms with van der Waals surface area (Å²) in [6.45, 7) is 7.31. The lowest BCUT2D eigenvalue weighted by molar-refractivity contribution is 0.131. The van der Waals surface area contributed by atoms with Crippen molar-refractivity contribution in [2.75, 3.05) is 0 Å². The Bertz CT molecular complexity index is 910. The highest BCUT2D eigenvalue weighted by Crippen LogP contribution is 2.25. The van der Waals surface area contributed by atoms with Gasteiger partial charge in [-0.05, 0) is 59.4 Å². The van der Waals surface area contributed by atoms with Crippen LogP contribution >= 0.6 is 0 Å². The summed E-state index contributed by atoms with van der Waals surface area (Å²) in [5.41, 5.74) is 2.91. The van der Waals surface area contributed by atoms with E-state index in [1.807, 2.05) is 19.9 Å². The molecule has 1 fully saturated rings. The largest absolute Gasteiger partial charge is 0.460 e. The van der Waals surface area contributed by atoms with Crippen LogP contribution in [0, 0.1) is 27.7 Å². The number of rotatable bonds is 5. The van der Waals surface area contributed by atoms with Crippen LogP contribution in [-0.2, 0) is 17.1 Å². The van der Waals surface area contributed by atoms with Gasteiger partial charge in [0.2, 0.25) is 10.0 Å². The molecule has 9 heteroatoms. The molecule has 2 aromatic heterocycles. The molecular weight excluding hydrogens is 366 g/mol. The van der Waals surface area contributed by atoms with E-state index in [4.69, 9.17) is 4.74 Å². The molecule has 1 aliphatic rings. The van der Waals surface area contributed by atoms with Crippen LogP contribution in [0.25, 0.3) is 0 Å². The molecule has 1 aliphatic carbocycles. The molecule has 0 spiro atoms. The first kappa shape index (κ1) is 19.8. The van der Waals surface area contributed by atoms with Crippen LogP contribution in [0.3, 0.4) is 0 Å². The zero-order chi connectivity index (χ0) is 19.8. The number of nitrogens with one attached hydrogen (secondary N) is 1. The zero-order valence-electron chi connectivity index (χ0n) is 16.5. The Kier molecular flexibility index (Phi) is 5.53. The summed E-state index contributed by atoms with van der Waals surface area (Å²) in [6, 6.07) is 2.20. The summed E-state index contributed by atoms with van der Waals surface area (Å²) >= 11 is 0. The maximum absolute atomic E-state index is 12.8. The van der Waals surface area contributed by atoms with E-state index in [1.165, 1.54) is 0 Å². The highest BCUT2D eigenvalue weighted by atomic mass is 32.2. The van der Waals surface area contributed by atoms with Crippen molar-refractivity contribution in [2.24, 2.45) is 7.05 Å².